The highest BCUT2D eigenvalue weighted by atomic mass is 16.6. The van der Waals surface area contributed by atoms with Crippen LogP contribution in [0.4, 0.5) is 17.3 Å². The van der Waals surface area contributed by atoms with Crippen LogP contribution >= 0.6 is 0 Å². The molecular weight excluding hydrogens is 386 g/mol. The average molecular weight is 405 g/mol. The maximum atomic E-state index is 10.9. The summed E-state index contributed by atoms with van der Waals surface area (Å²) in [6.45, 7) is 3.43. The number of carbonyl (C=O) groups is 1. The Kier molecular flexibility index (Phi) is 5.45. The van der Waals surface area contributed by atoms with Gasteiger partial charge >= 0.3 is 5.97 Å². The predicted molar refractivity (Wildman–Crippen MR) is 115 cm³/mol. The summed E-state index contributed by atoms with van der Waals surface area (Å²) < 4.78 is 0. The van der Waals surface area contributed by atoms with E-state index in [1.165, 1.54) is 12.3 Å². The van der Waals surface area contributed by atoms with E-state index < -0.39 is 10.9 Å². The van der Waals surface area contributed by atoms with Gasteiger partial charge in [0, 0.05) is 34.8 Å². The summed E-state index contributed by atoms with van der Waals surface area (Å²) in [6, 6.07) is 10.0. The Morgan fingerprint density at radius 1 is 0.933 bits per heavy atom. The average Bonchev–Trinajstić information content (AvgIpc) is 2.69. The van der Waals surface area contributed by atoms with Gasteiger partial charge in [-0.2, -0.15) is 0 Å². The number of nitrogens with two attached hydrogens (primary N) is 2. The predicted octanol–water partition coefficient (Wildman–Crippen LogP) is 3.86. The maximum absolute atomic E-state index is 10.9. The number of hydrogen-bond acceptors (Lipinski definition) is 7. The van der Waals surface area contributed by atoms with Gasteiger partial charge in [0.2, 0.25) is 0 Å². The van der Waals surface area contributed by atoms with E-state index in [2.05, 4.69) is 9.97 Å². The van der Waals surface area contributed by atoms with E-state index in [-0.39, 0.29) is 5.69 Å². The summed E-state index contributed by atoms with van der Waals surface area (Å²) in [7, 11) is 0. The van der Waals surface area contributed by atoms with E-state index in [9.17, 15) is 14.9 Å². The number of nitrogen functional groups attached to an aromatic ring is 2. The number of anilines is 2. The zero-order valence-corrected chi connectivity index (χ0v) is 16.3. The van der Waals surface area contributed by atoms with Crippen molar-refractivity contribution in [2.24, 2.45) is 0 Å². The number of carboxylic acids is 1. The van der Waals surface area contributed by atoms with Gasteiger partial charge in [-0.05, 0) is 60.5 Å². The second-order valence-electron chi connectivity index (χ2n) is 6.70. The molecule has 0 fully saturated rings. The first-order valence-electron chi connectivity index (χ1n) is 8.86. The Labute approximate surface area is 171 Å². The molecule has 0 atom stereocenters. The fourth-order valence-corrected chi connectivity index (χ4v) is 3.12. The third-order valence-corrected chi connectivity index (χ3v) is 4.68. The molecule has 0 saturated heterocycles. The van der Waals surface area contributed by atoms with Crippen LogP contribution in [0.3, 0.4) is 0 Å². The zero-order chi connectivity index (χ0) is 22.0. The van der Waals surface area contributed by atoms with E-state index in [1.807, 2.05) is 0 Å². The Balaban J connectivity index is 0.000000171. The van der Waals surface area contributed by atoms with Crippen molar-refractivity contribution >= 4 is 44.8 Å². The summed E-state index contributed by atoms with van der Waals surface area (Å²) in [5.41, 5.74) is 13.0. The van der Waals surface area contributed by atoms with Gasteiger partial charge in [0.1, 0.15) is 11.6 Å². The van der Waals surface area contributed by atoms with Gasteiger partial charge in [0.25, 0.3) is 5.69 Å². The van der Waals surface area contributed by atoms with Crippen LogP contribution in [0.5, 0.6) is 0 Å². The fourth-order valence-electron chi connectivity index (χ4n) is 3.12. The molecule has 0 unspecified atom stereocenters. The molecule has 152 valence electrons. The van der Waals surface area contributed by atoms with Crippen LogP contribution < -0.4 is 11.5 Å². The highest BCUT2D eigenvalue weighted by molar-refractivity contribution is 5.99. The van der Waals surface area contributed by atoms with E-state index in [4.69, 9.17) is 16.6 Å². The van der Waals surface area contributed by atoms with Crippen LogP contribution in [0, 0.1) is 24.0 Å². The van der Waals surface area contributed by atoms with Crippen molar-refractivity contribution in [1.29, 1.82) is 0 Å². The summed E-state index contributed by atoms with van der Waals surface area (Å²) in [6.07, 6.45) is 3.11. The van der Waals surface area contributed by atoms with Crippen molar-refractivity contribution in [3.8, 4) is 0 Å². The molecule has 2 aromatic heterocycles. The van der Waals surface area contributed by atoms with E-state index >= 15 is 0 Å². The number of aromatic nitrogens is 2. The largest absolute Gasteiger partial charge is 0.478 e. The number of nitrogens with zero attached hydrogens (tertiary/aromatic N) is 3. The number of aromatic carboxylic acids is 1. The molecule has 30 heavy (non-hydrogen) atoms. The Bertz CT molecular complexity index is 1200. The molecule has 0 aliphatic heterocycles. The SMILES string of the molecule is Cc1cc2c(N)nccc2cc1C(=O)O.Cc1cc2c(N)nccc2cc1[N+](=O)[O-]. The van der Waals surface area contributed by atoms with Crippen molar-refractivity contribution < 1.29 is 14.8 Å². The molecule has 0 spiro atoms. The molecule has 2 aromatic carbocycles. The molecular formula is C21H19N5O4. The molecule has 0 aliphatic carbocycles. The molecule has 0 aliphatic rings. The highest BCUT2D eigenvalue weighted by Gasteiger charge is 2.12. The minimum atomic E-state index is -0.926. The summed E-state index contributed by atoms with van der Waals surface area (Å²) in [5.74, 6) is -0.108. The van der Waals surface area contributed by atoms with Crippen LogP contribution in [0.2, 0.25) is 0 Å². The van der Waals surface area contributed by atoms with Crippen LogP contribution in [-0.2, 0) is 0 Å². The highest BCUT2D eigenvalue weighted by Crippen LogP contribution is 2.27. The first-order chi connectivity index (χ1) is 14.2. The lowest BCUT2D eigenvalue weighted by Gasteiger charge is -2.05. The lowest BCUT2D eigenvalue weighted by Crippen LogP contribution is -2.00. The summed E-state index contributed by atoms with van der Waals surface area (Å²) in [5, 5.41) is 22.7. The van der Waals surface area contributed by atoms with E-state index in [0.717, 1.165) is 21.5 Å². The van der Waals surface area contributed by atoms with Gasteiger partial charge in [-0.1, -0.05) is 0 Å². The number of carboxylic acid groups (broad SMARTS) is 1. The van der Waals surface area contributed by atoms with Gasteiger partial charge in [-0.15, -0.1) is 0 Å². The molecule has 0 bridgehead atoms. The lowest BCUT2D eigenvalue weighted by molar-refractivity contribution is -0.385. The Hall–Kier alpha value is -4.27. The third kappa shape index (κ3) is 3.95. The van der Waals surface area contributed by atoms with Crippen LogP contribution in [-0.4, -0.2) is 26.0 Å². The molecule has 0 saturated carbocycles. The van der Waals surface area contributed by atoms with Gasteiger partial charge in [-0.3, -0.25) is 10.1 Å². The van der Waals surface area contributed by atoms with E-state index in [0.29, 0.717) is 28.3 Å². The van der Waals surface area contributed by atoms with Gasteiger partial charge in [-0.25, -0.2) is 14.8 Å². The molecule has 4 aromatic rings. The fraction of sp³-hybridized carbons (Fsp3) is 0.0952. The minimum Gasteiger partial charge on any atom is -0.478 e. The number of aryl methyl sites for hydroxylation is 2. The third-order valence-electron chi connectivity index (χ3n) is 4.68. The van der Waals surface area contributed by atoms with Gasteiger partial charge < -0.3 is 16.6 Å². The second-order valence-corrected chi connectivity index (χ2v) is 6.70. The van der Waals surface area contributed by atoms with Crippen LogP contribution in [0.25, 0.3) is 21.5 Å². The number of nitro benzene ring substituents is 1. The van der Waals surface area contributed by atoms with Crippen LogP contribution in [0.15, 0.2) is 48.8 Å². The summed E-state index contributed by atoms with van der Waals surface area (Å²) in [4.78, 5) is 29.1. The number of nitro groups is 1. The van der Waals surface area contributed by atoms with Crippen molar-refractivity contribution in [1.82, 2.24) is 9.97 Å². The Morgan fingerprint density at radius 3 is 1.93 bits per heavy atom. The Morgan fingerprint density at radius 2 is 1.43 bits per heavy atom. The number of pyridine rings is 2. The molecule has 4 rings (SSSR count). The monoisotopic (exact) mass is 405 g/mol. The molecule has 0 amide bonds. The van der Waals surface area contributed by atoms with E-state index in [1.54, 1.807) is 50.4 Å². The van der Waals surface area contributed by atoms with Gasteiger partial charge in [0.05, 0.1) is 10.5 Å². The molecule has 5 N–H and O–H groups in total. The maximum Gasteiger partial charge on any atom is 0.335 e. The number of fused-ring (bicyclic) bond motifs is 2. The van der Waals surface area contributed by atoms with Crippen molar-refractivity contribution in [2.45, 2.75) is 13.8 Å². The number of benzene rings is 2. The minimum absolute atomic E-state index is 0.105. The quantitative estimate of drug-likeness (QED) is 0.335. The van der Waals surface area contributed by atoms with Crippen molar-refractivity contribution in [3.05, 3.63) is 75.6 Å². The van der Waals surface area contributed by atoms with Gasteiger partial charge in [0.15, 0.2) is 0 Å². The second kappa shape index (κ2) is 8.00. The molecule has 2 heterocycles. The number of hydrogen-bond donors (Lipinski definition) is 3. The van der Waals surface area contributed by atoms with Crippen molar-refractivity contribution in [3.63, 3.8) is 0 Å². The van der Waals surface area contributed by atoms with Crippen molar-refractivity contribution in [2.75, 3.05) is 11.5 Å². The standard InChI is InChI=1S/C11H10N2O2.C10H9N3O2/c1-6-4-9-7(2-3-13-10(9)12)5-8(6)11(14)15;1-6-4-8-7(2-3-12-10(8)11)5-9(6)13(14)15/h2-5H,1H3,(H2,12,13)(H,14,15);2-5H,1H3,(H2,11,12). The topological polar surface area (TPSA) is 158 Å². The smallest absolute Gasteiger partial charge is 0.335 e. The normalized spacial score (nSPS) is 10.5. The molecule has 9 heteroatoms. The summed E-state index contributed by atoms with van der Waals surface area (Å²) >= 11 is 0. The first-order valence-corrected chi connectivity index (χ1v) is 8.86. The number of rotatable bonds is 2. The lowest BCUT2D eigenvalue weighted by atomic mass is 10.0. The zero-order valence-electron chi connectivity index (χ0n) is 16.3. The molecule has 9 nitrogen and oxygen atoms in total. The molecule has 0 radical (unpaired) electrons. The first kappa shape index (κ1) is 20.5. The van der Waals surface area contributed by atoms with Crippen LogP contribution in [0.1, 0.15) is 21.5 Å².